The molecule has 0 fully saturated rings. The van der Waals surface area contributed by atoms with Crippen molar-refractivity contribution in [2.24, 2.45) is 0 Å². The molecule has 7 nitrogen and oxygen atoms in total. The van der Waals surface area contributed by atoms with Crippen LogP contribution in [0.2, 0.25) is 0 Å². The third-order valence-corrected chi connectivity index (χ3v) is 9.23. The number of fused-ring (bicyclic) bond motifs is 6. The lowest BCUT2D eigenvalue weighted by molar-refractivity contribution is -0.113. The van der Waals surface area contributed by atoms with Gasteiger partial charge in [0.2, 0.25) is 11.7 Å². The first-order chi connectivity index (χ1) is 18.6. The zero-order valence-electron chi connectivity index (χ0n) is 20.6. The molecule has 7 rings (SSSR count). The Kier molecular flexibility index (Phi) is 5.56. The average Bonchev–Trinajstić information content (AvgIpc) is 3.63. The number of thiophene rings is 1. The second-order valence-electron chi connectivity index (χ2n) is 9.50. The third-order valence-electron chi connectivity index (χ3n) is 7.03. The molecule has 0 spiro atoms. The van der Waals surface area contributed by atoms with Crippen molar-refractivity contribution in [1.82, 2.24) is 19.2 Å². The molecule has 3 aromatic carbocycles. The van der Waals surface area contributed by atoms with Gasteiger partial charge in [0.25, 0.3) is 5.56 Å². The Bertz CT molecular complexity index is 1930. The smallest absolute Gasteiger partial charge is 0.268 e. The van der Waals surface area contributed by atoms with Crippen LogP contribution in [-0.2, 0) is 17.6 Å². The van der Waals surface area contributed by atoms with E-state index < -0.39 is 0 Å². The van der Waals surface area contributed by atoms with E-state index in [-0.39, 0.29) is 17.2 Å². The molecule has 0 saturated heterocycles. The van der Waals surface area contributed by atoms with Crippen LogP contribution < -0.4 is 10.9 Å². The Morgan fingerprint density at radius 1 is 1.03 bits per heavy atom. The van der Waals surface area contributed by atoms with E-state index in [1.807, 2.05) is 78.1 Å². The van der Waals surface area contributed by atoms with Gasteiger partial charge in [-0.05, 0) is 55.3 Å². The number of anilines is 1. The van der Waals surface area contributed by atoms with Crippen LogP contribution in [0.1, 0.15) is 22.4 Å². The minimum Gasteiger partial charge on any atom is -0.325 e. The number of amides is 1. The molecule has 0 radical (unpaired) electrons. The highest BCUT2D eigenvalue weighted by molar-refractivity contribution is 7.99. The molecule has 38 heavy (non-hydrogen) atoms. The topological polar surface area (TPSA) is 81.3 Å². The van der Waals surface area contributed by atoms with Crippen LogP contribution in [0.15, 0.2) is 76.7 Å². The van der Waals surface area contributed by atoms with E-state index in [1.54, 1.807) is 15.9 Å². The lowest BCUT2D eigenvalue weighted by atomic mass is 10.1. The van der Waals surface area contributed by atoms with Gasteiger partial charge < -0.3 is 5.32 Å². The van der Waals surface area contributed by atoms with Crippen molar-refractivity contribution in [1.29, 1.82) is 0 Å². The van der Waals surface area contributed by atoms with Crippen LogP contribution in [0, 0.1) is 6.92 Å². The molecule has 3 heterocycles. The maximum atomic E-state index is 13.9. The Morgan fingerprint density at radius 2 is 1.84 bits per heavy atom. The number of nitrogens with zero attached hydrogens (tertiary/aromatic N) is 4. The zero-order valence-corrected chi connectivity index (χ0v) is 22.2. The Labute approximate surface area is 226 Å². The van der Waals surface area contributed by atoms with E-state index >= 15 is 0 Å². The van der Waals surface area contributed by atoms with E-state index in [0.29, 0.717) is 10.9 Å². The molecule has 1 N–H and O–H groups in total. The Morgan fingerprint density at radius 3 is 2.71 bits per heavy atom. The number of benzene rings is 3. The van der Waals surface area contributed by atoms with Gasteiger partial charge in [-0.25, -0.2) is 8.97 Å². The van der Waals surface area contributed by atoms with Crippen molar-refractivity contribution in [3.63, 3.8) is 0 Å². The quantitative estimate of drug-likeness (QED) is 0.282. The van der Waals surface area contributed by atoms with E-state index in [4.69, 9.17) is 0 Å². The number of rotatable bonds is 5. The average molecular weight is 538 g/mol. The summed E-state index contributed by atoms with van der Waals surface area (Å²) in [5, 5.41) is 15.3. The van der Waals surface area contributed by atoms with Gasteiger partial charge in [-0.15, -0.1) is 21.5 Å². The summed E-state index contributed by atoms with van der Waals surface area (Å²) in [6, 6.07) is 21.7. The maximum Gasteiger partial charge on any atom is 0.268 e. The highest BCUT2D eigenvalue weighted by Crippen LogP contribution is 2.37. The fourth-order valence-corrected chi connectivity index (χ4v) is 7.40. The fraction of sp³-hybridized carbons (Fsp3) is 0.172. The summed E-state index contributed by atoms with van der Waals surface area (Å²) in [5.41, 5.74) is 3.74. The number of aromatic nitrogens is 4. The summed E-state index contributed by atoms with van der Waals surface area (Å²) < 4.78 is 3.61. The lowest BCUT2D eigenvalue weighted by Gasteiger charge is -2.11. The Balaban J connectivity index is 1.29. The highest BCUT2D eigenvalue weighted by Gasteiger charge is 2.26. The predicted molar refractivity (Wildman–Crippen MR) is 154 cm³/mol. The molecular formula is C29H23N5O2S2. The second kappa shape index (κ2) is 9.11. The van der Waals surface area contributed by atoms with E-state index in [9.17, 15) is 9.59 Å². The minimum absolute atomic E-state index is 0.0617. The first kappa shape index (κ1) is 23.2. The molecule has 0 atom stereocenters. The lowest BCUT2D eigenvalue weighted by Crippen LogP contribution is -2.22. The van der Waals surface area contributed by atoms with E-state index in [1.165, 1.54) is 16.6 Å². The molecule has 0 saturated carbocycles. The van der Waals surface area contributed by atoms with Gasteiger partial charge in [0.05, 0.1) is 16.8 Å². The van der Waals surface area contributed by atoms with E-state index in [2.05, 4.69) is 15.5 Å². The number of aryl methyl sites for hydroxylation is 3. The van der Waals surface area contributed by atoms with Gasteiger partial charge in [0, 0.05) is 16.0 Å². The van der Waals surface area contributed by atoms with Crippen LogP contribution in [0.25, 0.3) is 32.5 Å². The van der Waals surface area contributed by atoms with Gasteiger partial charge in [0.15, 0.2) is 5.16 Å². The first-order valence-electron chi connectivity index (χ1n) is 12.5. The summed E-state index contributed by atoms with van der Waals surface area (Å²) in [6.45, 7) is 2.02. The molecule has 0 bridgehead atoms. The number of thioether (sulfide) groups is 1. The van der Waals surface area contributed by atoms with Crippen molar-refractivity contribution in [2.75, 3.05) is 11.1 Å². The summed E-state index contributed by atoms with van der Waals surface area (Å²) in [4.78, 5) is 29.0. The molecule has 6 aromatic rings. The van der Waals surface area contributed by atoms with Crippen LogP contribution >= 0.6 is 23.1 Å². The van der Waals surface area contributed by atoms with Crippen molar-refractivity contribution in [2.45, 2.75) is 31.3 Å². The highest BCUT2D eigenvalue weighted by atomic mass is 32.2. The zero-order chi connectivity index (χ0) is 25.8. The molecule has 0 aliphatic heterocycles. The predicted octanol–water partition coefficient (Wildman–Crippen LogP) is 5.78. The van der Waals surface area contributed by atoms with Gasteiger partial charge in [-0.3, -0.25) is 9.59 Å². The van der Waals surface area contributed by atoms with Gasteiger partial charge >= 0.3 is 0 Å². The monoisotopic (exact) mass is 537 g/mol. The molecule has 188 valence electrons. The first-order valence-corrected chi connectivity index (χ1v) is 14.3. The van der Waals surface area contributed by atoms with Crippen molar-refractivity contribution in [3.05, 3.63) is 93.1 Å². The number of nitrogens with one attached hydrogen (secondary N) is 1. The SMILES string of the molecule is Cc1ccc(-n2c(=O)c3c4c(sc3n3c(SCC(=O)Nc5cccc6ccccc56)nnc23)CCC4)cc1. The molecule has 9 heteroatoms. The summed E-state index contributed by atoms with van der Waals surface area (Å²) >= 11 is 2.97. The van der Waals surface area contributed by atoms with Crippen molar-refractivity contribution < 1.29 is 4.79 Å². The van der Waals surface area contributed by atoms with Gasteiger partial charge in [0.1, 0.15) is 4.83 Å². The summed E-state index contributed by atoms with van der Waals surface area (Å²) in [7, 11) is 0. The van der Waals surface area contributed by atoms with Crippen molar-refractivity contribution >= 4 is 61.5 Å². The van der Waals surface area contributed by atoms with Gasteiger partial charge in [-0.2, -0.15) is 0 Å². The molecule has 1 amide bonds. The maximum absolute atomic E-state index is 13.9. The number of carbonyl (C=O) groups excluding carboxylic acids is 1. The summed E-state index contributed by atoms with van der Waals surface area (Å²) in [6.07, 6.45) is 2.96. The van der Waals surface area contributed by atoms with Crippen LogP contribution in [-0.4, -0.2) is 30.8 Å². The summed E-state index contributed by atoms with van der Waals surface area (Å²) in [5.74, 6) is 0.503. The molecule has 0 unspecified atom stereocenters. The Hall–Kier alpha value is -3.95. The van der Waals surface area contributed by atoms with Crippen LogP contribution in [0.3, 0.4) is 0 Å². The molecular weight excluding hydrogens is 514 g/mol. The normalized spacial score (nSPS) is 13.0. The fourth-order valence-electron chi connectivity index (χ4n) is 5.23. The largest absolute Gasteiger partial charge is 0.325 e. The molecule has 1 aliphatic carbocycles. The minimum atomic E-state index is -0.125. The van der Waals surface area contributed by atoms with Crippen LogP contribution in [0.5, 0.6) is 0 Å². The number of hydrogen-bond acceptors (Lipinski definition) is 6. The second-order valence-corrected chi connectivity index (χ2v) is 11.5. The number of hydrogen-bond donors (Lipinski definition) is 1. The van der Waals surface area contributed by atoms with Crippen molar-refractivity contribution in [3.8, 4) is 5.69 Å². The molecule has 3 aromatic heterocycles. The van der Waals surface area contributed by atoms with Gasteiger partial charge in [-0.1, -0.05) is 65.9 Å². The standard InChI is InChI=1S/C29H23N5O2S2/c1-17-12-14-19(15-13-17)33-26(36)25-21-9-5-11-23(21)38-27(25)34-28(33)31-32-29(34)37-16-24(35)30-22-10-4-7-18-6-2-3-8-20(18)22/h2-4,6-8,10,12-15H,5,9,11,16H2,1H3,(H,30,35). The molecule has 1 aliphatic rings. The number of carbonyl (C=O) groups is 1. The third kappa shape index (κ3) is 3.73. The van der Waals surface area contributed by atoms with E-state index in [0.717, 1.165) is 62.8 Å². The van der Waals surface area contributed by atoms with Crippen LogP contribution in [0.4, 0.5) is 5.69 Å².